The van der Waals surface area contributed by atoms with Crippen LogP contribution in [0, 0.1) is 0 Å². The number of fused-ring (bicyclic) bond motifs is 1. The summed E-state index contributed by atoms with van der Waals surface area (Å²) >= 11 is 3.28. The highest BCUT2D eigenvalue weighted by molar-refractivity contribution is 7.99. The maximum absolute atomic E-state index is 13.5. The summed E-state index contributed by atoms with van der Waals surface area (Å²) in [6, 6.07) is 13.7. The van der Waals surface area contributed by atoms with Crippen LogP contribution in [0.25, 0.3) is 10.2 Å². The summed E-state index contributed by atoms with van der Waals surface area (Å²) in [6.45, 7) is 5.92. The molecule has 0 bridgehead atoms. The Bertz CT molecular complexity index is 997. The lowest BCUT2D eigenvalue weighted by atomic mass is 10.2. The number of anilines is 1. The summed E-state index contributed by atoms with van der Waals surface area (Å²) in [4.78, 5) is 21.2. The Morgan fingerprint density at radius 3 is 2.80 bits per heavy atom. The summed E-state index contributed by atoms with van der Waals surface area (Å²) in [5.41, 5.74) is 1.47. The lowest BCUT2D eigenvalue weighted by Gasteiger charge is -2.23. The Morgan fingerprint density at radius 1 is 1.27 bits per heavy atom. The van der Waals surface area contributed by atoms with Gasteiger partial charge in [-0.25, -0.2) is 4.98 Å². The fraction of sp³-hybridized carbons (Fsp3) is 0.391. The average molecular weight is 443 g/mol. The van der Waals surface area contributed by atoms with Crippen molar-refractivity contribution in [3.63, 3.8) is 0 Å². The van der Waals surface area contributed by atoms with E-state index in [1.54, 1.807) is 16.7 Å². The van der Waals surface area contributed by atoms with E-state index >= 15 is 0 Å². The van der Waals surface area contributed by atoms with E-state index in [4.69, 9.17) is 14.5 Å². The molecule has 0 N–H and O–H groups in total. The Balaban J connectivity index is 1.68. The number of carbonyl (C=O) groups excluding carboxylic acids is 1. The third kappa shape index (κ3) is 4.63. The van der Waals surface area contributed by atoms with Gasteiger partial charge in [0.05, 0.1) is 24.0 Å². The summed E-state index contributed by atoms with van der Waals surface area (Å²) in [6.07, 6.45) is 2.04. The topological polar surface area (TPSA) is 51.7 Å². The highest BCUT2D eigenvalue weighted by Crippen LogP contribution is 2.35. The van der Waals surface area contributed by atoms with Crippen molar-refractivity contribution in [1.29, 1.82) is 0 Å². The van der Waals surface area contributed by atoms with E-state index < -0.39 is 0 Å². The van der Waals surface area contributed by atoms with Crippen LogP contribution in [0.2, 0.25) is 0 Å². The fourth-order valence-electron chi connectivity index (χ4n) is 3.56. The highest BCUT2D eigenvalue weighted by atomic mass is 32.2. The minimum Gasteiger partial charge on any atom is -0.492 e. The first kappa shape index (κ1) is 21.2. The molecule has 3 aromatic rings. The number of ether oxygens (including phenoxy) is 2. The van der Waals surface area contributed by atoms with Crippen molar-refractivity contribution in [3.05, 3.63) is 48.0 Å². The molecule has 0 radical (unpaired) electrons. The number of thioether (sulfide) groups is 1. The molecule has 2 heterocycles. The predicted molar refractivity (Wildman–Crippen MR) is 124 cm³/mol. The summed E-state index contributed by atoms with van der Waals surface area (Å²) in [5.74, 6) is 1.71. The Labute approximate surface area is 185 Å². The van der Waals surface area contributed by atoms with Crippen molar-refractivity contribution < 1.29 is 14.3 Å². The molecule has 1 amide bonds. The van der Waals surface area contributed by atoms with E-state index in [1.165, 1.54) is 16.2 Å². The van der Waals surface area contributed by atoms with Gasteiger partial charge in [0, 0.05) is 17.1 Å². The van der Waals surface area contributed by atoms with Crippen LogP contribution in [-0.2, 0) is 4.74 Å². The molecule has 7 heteroatoms. The highest BCUT2D eigenvalue weighted by Gasteiger charge is 2.27. The predicted octanol–water partition coefficient (Wildman–Crippen LogP) is 5.63. The van der Waals surface area contributed by atoms with Crippen LogP contribution in [0.4, 0.5) is 5.13 Å². The van der Waals surface area contributed by atoms with E-state index in [2.05, 4.69) is 6.92 Å². The molecule has 0 saturated carbocycles. The van der Waals surface area contributed by atoms with Crippen LogP contribution >= 0.6 is 23.1 Å². The van der Waals surface area contributed by atoms with Gasteiger partial charge >= 0.3 is 0 Å². The monoisotopic (exact) mass is 442 g/mol. The first-order valence-electron chi connectivity index (χ1n) is 10.4. The van der Waals surface area contributed by atoms with Gasteiger partial charge in [-0.15, -0.1) is 11.8 Å². The van der Waals surface area contributed by atoms with Crippen molar-refractivity contribution in [2.45, 2.75) is 37.7 Å². The number of nitrogens with zero attached hydrogens (tertiary/aromatic N) is 2. The van der Waals surface area contributed by atoms with Crippen molar-refractivity contribution >= 4 is 44.4 Å². The van der Waals surface area contributed by atoms with Crippen LogP contribution in [0.5, 0.6) is 5.75 Å². The van der Waals surface area contributed by atoms with Gasteiger partial charge in [0.15, 0.2) is 5.13 Å². The number of thiazole rings is 1. The molecule has 1 saturated heterocycles. The van der Waals surface area contributed by atoms with Gasteiger partial charge in [-0.05, 0) is 61.9 Å². The van der Waals surface area contributed by atoms with E-state index in [1.807, 2.05) is 49.4 Å². The second-order valence-corrected chi connectivity index (χ2v) is 9.39. The summed E-state index contributed by atoms with van der Waals surface area (Å²) in [7, 11) is 0. The first-order chi connectivity index (χ1) is 14.7. The van der Waals surface area contributed by atoms with Gasteiger partial charge in [-0.1, -0.05) is 24.3 Å². The number of carbonyl (C=O) groups is 1. The number of benzene rings is 2. The number of aromatic nitrogens is 1. The number of amides is 1. The molecule has 4 rings (SSSR count). The Kier molecular flexibility index (Phi) is 6.92. The van der Waals surface area contributed by atoms with E-state index in [0.29, 0.717) is 23.8 Å². The van der Waals surface area contributed by atoms with Crippen molar-refractivity contribution in [2.24, 2.45) is 0 Å². The van der Waals surface area contributed by atoms with Crippen molar-refractivity contribution in [2.75, 3.05) is 30.4 Å². The van der Waals surface area contributed by atoms with Gasteiger partial charge < -0.3 is 9.47 Å². The van der Waals surface area contributed by atoms with Gasteiger partial charge in [-0.3, -0.25) is 9.69 Å². The number of para-hydroxylation sites is 1. The van der Waals surface area contributed by atoms with Crippen molar-refractivity contribution in [3.8, 4) is 5.75 Å². The average Bonchev–Trinajstić information content (AvgIpc) is 3.43. The molecule has 1 atom stereocenters. The van der Waals surface area contributed by atoms with Gasteiger partial charge in [0.25, 0.3) is 5.91 Å². The minimum atomic E-state index is -0.0458. The molecule has 2 aromatic carbocycles. The molecule has 0 aliphatic carbocycles. The van der Waals surface area contributed by atoms with Crippen molar-refractivity contribution in [1.82, 2.24) is 4.98 Å². The molecular weight excluding hydrogens is 416 g/mol. The smallest absolute Gasteiger partial charge is 0.260 e. The first-order valence-corrected chi connectivity index (χ1v) is 12.2. The van der Waals surface area contributed by atoms with Gasteiger partial charge in [0.2, 0.25) is 0 Å². The molecule has 158 valence electrons. The van der Waals surface area contributed by atoms with Crippen LogP contribution < -0.4 is 9.64 Å². The largest absolute Gasteiger partial charge is 0.492 e. The zero-order chi connectivity index (χ0) is 20.9. The third-order valence-electron chi connectivity index (χ3n) is 4.97. The normalized spacial score (nSPS) is 16.1. The van der Waals surface area contributed by atoms with E-state index in [9.17, 15) is 4.79 Å². The number of hydrogen-bond acceptors (Lipinski definition) is 6. The maximum atomic E-state index is 13.5. The molecule has 30 heavy (non-hydrogen) atoms. The van der Waals surface area contributed by atoms with E-state index in [-0.39, 0.29) is 12.0 Å². The zero-order valence-corrected chi connectivity index (χ0v) is 18.9. The Morgan fingerprint density at radius 2 is 2.10 bits per heavy atom. The lowest BCUT2D eigenvalue weighted by Crippen LogP contribution is -2.37. The zero-order valence-electron chi connectivity index (χ0n) is 17.3. The molecule has 1 unspecified atom stereocenters. The van der Waals surface area contributed by atoms with Crippen LogP contribution in [0.3, 0.4) is 0 Å². The van der Waals surface area contributed by atoms with Crippen LogP contribution in [0.15, 0.2) is 47.4 Å². The summed E-state index contributed by atoms with van der Waals surface area (Å²) < 4.78 is 12.6. The summed E-state index contributed by atoms with van der Waals surface area (Å²) in [5, 5.41) is 0.685. The molecular formula is C23H26N2O3S2. The molecule has 5 nitrogen and oxygen atoms in total. The SMILES string of the molecule is CCOc1cccc2sc(N(CC3CCCO3)C(=O)c3ccc(SCC)cc3)nc12. The quantitative estimate of drug-likeness (QED) is 0.423. The number of hydrogen-bond donors (Lipinski definition) is 0. The molecule has 1 aliphatic rings. The molecule has 1 aliphatic heterocycles. The lowest BCUT2D eigenvalue weighted by molar-refractivity contribution is 0.0917. The van der Waals surface area contributed by atoms with Crippen LogP contribution in [-0.4, -0.2) is 42.5 Å². The molecule has 0 spiro atoms. The maximum Gasteiger partial charge on any atom is 0.260 e. The van der Waals surface area contributed by atoms with Gasteiger partial charge in [-0.2, -0.15) is 0 Å². The third-order valence-corrected chi connectivity index (χ3v) is 6.91. The minimum absolute atomic E-state index is 0.0437. The number of rotatable bonds is 8. The van der Waals surface area contributed by atoms with Crippen LogP contribution in [0.1, 0.15) is 37.0 Å². The second kappa shape index (κ2) is 9.81. The van der Waals surface area contributed by atoms with Gasteiger partial charge in [0.1, 0.15) is 11.3 Å². The molecule has 1 aromatic heterocycles. The fourth-order valence-corrected chi connectivity index (χ4v) is 5.21. The van der Waals surface area contributed by atoms with E-state index in [0.717, 1.165) is 41.2 Å². The molecule has 1 fully saturated rings. The standard InChI is InChI=1S/C23H26N2O3S2/c1-3-27-19-8-5-9-20-21(19)24-23(30-20)25(15-17-7-6-14-28-17)22(26)16-10-12-18(13-11-16)29-4-2/h5,8-13,17H,3-4,6-7,14-15H2,1-2H3. The Hall–Kier alpha value is -2.09. The second-order valence-electron chi connectivity index (χ2n) is 7.04.